The number of benzene rings is 2. The molecule has 0 saturated heterocycles. The maximum absolute atomic E-state index is 12.6. The SMILES string of the molecule is CCc1cc(Br)ccc1S(=O)(=O)Nc1cccc(N(C)C)c1. The maximum Gasteiger partial charge on any atom is 0.262 e. The van der Waals surface area contributed by atoms with E-state index in [0.717, 1.165) is 15.7 Å². The van der Waals surface area contributed by atoms with Crippen molar-refractivity contribution in [3.05, 3.63) is 52.5 Å². The van der Waals surface area contributed by atoms with Gasteiger partial charge in [0.1, 0.15) is 0 Å². The lowest BCUT2D eigenvalue weighted by Crippen LogP contribution is -2.15. The van der Waals surface area contributed by atoms with Gasteiger partial charge in [-0.1, -0.05) is 28.9 Å². The van der Waals surface area contributed by atoms with Crippen LogP contribution < -0.4 is 9.62 Å². The first-order chi connectivity index (χ1) is 10.3. The van der Waals surface area contributed by atoms with Gasteiger partial charge in [0.15, 0.2) is 0 Å². The van der Waals surface area contributed by atoms with Gasteiger partial charge in [-0.2, -0.15) is 0 Å². The van der Waals surface area contributed by atoms with Crippen LogP contribution in [0.15, 0.2) is 51.8 Å². The van der Waals surface area contributed by atoms with Crippen LogP contribution in [-0.4, -0.2) is 22.5 Å². The third-order valence-corrected chi connectivity index (χ3v) is 5.28. The molecule has 0 aliphatic rings. The Balaban J connectivity index is 2.38. The summed E-state index contributed by atoms with van der Waals surface area (Å²) in [6.07, 6.45) is 0.646. The fourth-order valence-corrected chi connectivity index (χ4v) is 3.90. The van der Waals surface area contributed by atoms with Crippen molar-refractivity contribution in [1.82, 2.24) is 0 Å². The lowest BCUT2D eigenvalue weighted by molar-refractivity contribution is 0.600. The van der Waals surface area contributed by atoms with Crippen LogP contribution in [0.3, 0.4) is 0 Å². The molecule has 22 heavy (non-hydrogen) atoms. The van der Waals surface area contributed by atoms with Crippen LogP contribution in [0, 0.1) is 0 Å². The molecule has 0 atom stereocenters. The molecule has 0 aromatic heterocycles. The molecule has 2 aromatic rings. The minimum absolute atomic E-state index is 0.313. The molecule has 2 rings (SSSR count). The average Bonchev–Trinajstić information content (AvgIpc) is 2.46. The van der Waals surface area contributed by atoms with Crippen LogP contribution in [0.25, 0.3) is 0 Å². The fraction of sp³-hybridized carbons (Fsp3) is 0.250. The van der Waals surface area contributed by atoms with Crippen LogP contribution in [0.5, 0.6) is 0 Å². The van der Waals surface area contributed by atoms with Gasteiger partial charge < -0.3 is 4.90 Å². The van der Waals surface area contributed by atoms with Gasteiger partial charge in [-0.15, -0.1) is 0 Å². The summed E-state index contributed by atoms with van der Waals surface area (Å²) < 4.78 is 28.8. The number of hydrogen-bond donors (Lipinski definition) is 1. The van der Waals surface area contributed by atoms with Gasteiger partial charge in [-0.05, 0) is 48.4 Å². The Bertz CT molecular complexity index is 773. The summed E-state index contributed by atoms with van der Waals surface area (Å²) in [7, 11) is 0.224. The molecule has 1 N–H and O–H groups in total. The Morgan fingerprint density at radius 1 is 1.14 bits per heavy atom. The first kappa shape index (κ1) is 16.8. The van der Waals surface area contributed by atoms with Crippen molar-refractivity contribution in [2.45, 2.75) is 18.2 Å². The van der Waals surface area contributed by atoms with Crippen molar-refractivity contribution in [2.24, 2.45) is 0 Å². The van der Waals surface area contributed by atoms with Gasteiger partial charge in [0, 0.05) is 24.3 Å². The smallest absolute Gasteiger partial charge is 0.262 e. The molecule has 0 amide bonds. The fourth-order valence-electron chi connectivity index (χ4n) is 2.14. The number of nitrogens with zero attached hydrogens (tertiary/aromatic N) is 1. The molecule has 0 unspecified atom stereocenters. The highest BCUT2D eigenvalue weighted by Gasteiger charge is 2.18. The summed E-state index contributed by atoms with van der Waals surface area (Å²) in [5, 5.41) is 0. The van der Waals surface area contributed by atoms with Crippen LogP contribution in [0.1, 0.15) is 12.5 Å². The molecule has 0 spiro atoms. The Morgan fingerprint density at radius 2 is 1.86 bits per heavy atom. The predicted molar refractivity (Wildman–Crippen MR) is 95.1 cm³/mol. The highest BCUT2D eigenvalue weighted by molar-refractivity contribution is 9.10. The maximum atomic E-state index is 12.6. The van der Waals surface area contributed by atoms with Gasteiger partial charge in [-0.25, -0.2) is 8.42 Å². The number of sulfonamides is 1. The van der Waals surface area contributed by atoms with E-state index >= 15 is 0 Å². The summed E-state index contributed by atoms with van der Waals surface area (Å²) in [5.74, 6) is 0. The van der Waals surface area contributed by atoms with Crippen LogP contribution >= 0.6 is 15.9 Å². The Hall–Kier alpha value is -1.53. The zero-order valence-electron chi connectivity index (χ0n) is 12.8. The Morgan fingerprint density at radius 3 is 2.50 bits per heavy atom. The highest BCUT2D eigenvalue weighted by Crippen LogP contribution is 2.25. The first-order valence-corrected chi connectivity index (χ1v) is 9.19. The number of rotatable bonds is 5. The van der Waals surface area contributed by atoms with Crippen molar-refractivity contribution >= 4 is 37.3 Å². The Kier molecular flexibility index (Phi) is 5.13. The van der Waals surface area contributed by atoms with Crippen LogP contribution in [-0.2, 0) is 16.4 Å². The summed E-state index contributed by atoms with van der Waals surface area (Å²) in [5.41, 5.74) is 2.27. The molecule has 0 aliphatic heterocycles. The molecule has 0 radical (unpaired) electrons. The van der Waals surface area contributed by atoms with Gasteiger partial charge in [0.25, 0.3) is 10.0 Å². The van der Waals surface area contributed by atoms with Gasteiger partial charge in [-0.3, -0.25) is 4.72 Å². The first-order valence-electron chi connectivity index (χ1n) is 6.92. The quantitative estimate of drug-likeness (QED) is 0.853. The third-order valence-electron chi connectivity index (χ3n) is 3.31. The van der Waals surface area contributed by atoms with Crippen molar-refractivity contribution < 1.29 is 8.42 Å². The van der Waals surface area contributed by atoms with E-state index in [0.29, 0.717) is 17.0 Å². The molecular weight excluding hydrogens is 364 g/mol. The van der Waals surface area contributed by atoms with Crippen molar-refractivity contribution in [3.8, 4) is 0 Å². The second-order valence-electron chi connectivity index (χ2n) is 5.16. The average molecular weight is 383 g/mol. The van der Waals surface area contributed by atoms with E-state index in [4.69, 9.17) is 0 Å². The summed E-state index contributed by atoms with van der Waals surface area (Å²) in [6.45, 7) is 1.94. The van der Waals surface area contributed by atoms with Crippen LogP contribution in [0.2, 0.25) is 0 Å². The number of nitrogens with one attached hydrogen (secondary N) is 1. The standard InChI is InChI=1S/C16H19BrN2O2S/c1-4-12-10-13(17)8-9-16(12)22(20,21)18-14-6-5-7-15(11-14)19(2)3/h5-11,18H,4H2,1-3H3. The highest BCUT2D eigenvalue weighted by atomic mass is 79.9. The lowest BCUT2D eigenvalue weighted by atomic mass is 10.2. The van der Waals surface area contributed by atoms with Gasteiger partial charge in [0.05, 0.1) is 10.6 Å². The van der Waals surface area contributed by atoms with E-state index in [1.807, 2.05) is 50.2 Å². The Labute approximate surface area is 140 Å². The molecule has 0 bridgehead atoms. The number of aryl methyl sites for hydroxylation is 1. The van der Waals surface area contributed by atoms with Crippen molar-refractivity contribution in [3.63, 3.8) is 0 Å². The lowest BCUT2D eigenvalue weighted by Gasteiger charge is -2.15. The summed E-state index contributed by atoms with van der Waals surface area (Å²) in [6, 6.07) is 12.5. The second-order valence-corrected chi connectivity index (χ2v) is 7.72. The molecule has 2 aromatic carbocycles. The monoisotopic (exact) mass is 382 g/mol. The third kappa shape index (κ3) is 3.81. The molecule has 4 nitrogen and oxygen atoms in total. The minimum Gasteiger partial charge on any atom is -0.378 e. The molecule has 0 fully saturated rings. The van der Waals surface area contributed by atoms with E-state index < -0.39 is 10.0 Å². The number of anilines is 2. The molecule has 0 aliphatic carbocycles. The van der Waals surface area contributed by atoms with E-state index in [2.05, 4.69) is 20.7 Å². The summed E-state index contributed by atoms with van der Waals surface area (Å²) in [4.78, 5) is 2.24. The molecule has 0 saturated carbocycles. The normalized spacial score (nSPS) is 11.3. The zero-order chi connectivity index (χ0) is 16.3. The molecule has 6 heteroatoms. The molecular formula is C16H19BrN2O2S. The zero-order valence-corrected chi connectivity index (χ0v) is 15.2. The van der Waals surface area contributed by atoms with E-state index in [9.17, 15) is 8.42 Å². The van der Waals surface area contributed by atoms with E-state index in [-0.39, 0.29) is 0 Å². The number of halogens is 1. The second kappa shape index (κ2) is 6.71. The summed E-state index contributed by atoms with van der Waals surface area (Å²) >= 11 is 3.38. The number of hydrogen-bond acceptors (Lipinski definition) is 3. The van der Waals surface area contributed by atoms with Gasteiger partial charge in [0.2, 0.25) is 0 Å². The van der Waals surface area contributed by atoms with Crippen molar-refractivity contribution in [1.29, 1.82) is 0 Å². The topological polar surface area (TPSA) is 49.4 Å². The van der Waals surface area contributed by atoms with E-state index in [1.165, 1.54) is 0 Å². The largest absolute Gasteiger partial charge is 0.378 e. The van der Waals surface area contributed by atoms with Crippen molar-refractivity contribution in [2.75, 3.05) is 23.7 Å². The van der Waals surface area contributed by atoms with Gasteiger partial charge >= 0.3 is 0 Å². The minimum atomic E-state index is -3.60. The van der Waals surface area contributed by atoms with E-state index in [1.54, 1.807) is 18.2 Å². The van der Waals surface area contributed by atoms with Crippen LogP contribution in [0.4, 0.5) is 11.4 Å². The molecule has 0 heterocycles. The predicted octanol–water partition coefficient (Wildman–Crippen LogP) is 3.88. The molecule has 118 valence electrons.